The molecule has 0 amide bonds. The normalized spacial score (nSPS) is 17.8. The van der Waals surface area contributed by atoms with Crippen molar-refractivity contribution in [3.05, 3.63) is 0 Å². The van der Waals surface area contributed by atoms with Crippen molar-refractivity contribution < 1.29 is 9.90 Å². The number of hydrogen-bond acceptors (Lipinski definition) is 2. The molecule has 0 unspecified atom stereocenters. The lowest BCUT2D eigenvalue weighted by molar-refractivity contribution is -0.137. The number of likely N-dealkylation sites (tertiary alicyclic amines) is 1. The predicted molar refractivity (Wildman–Crippen MR) is 51.8 cm³/mol. The second-order valence-corrected chi connectivity index (χ2v) is 3.75. The van der Waals surface area contributed by atoms with Crippen molar-refractivity contribution in [3.8, 4) is 0 Å². The Bertz CT molecular complexity index is 153. The molecule has 1 rings (SSSR count). The summed E-state index contributed by atoms with van der Waals surface area (Å²) in [7, 11) is 0. The van der Waals surface area contributed by atoms with Gasteiger partial charge in [0, 0.05) is 6.42 Å². The Morgan fingerprint density at radius 3 is 2.46 bits per heavy atom. The number of aliphatic carboxylic acids is 1. The van der Waals surface area contributed by atoms with Crippen LogP contribution in [-0.4, -0.2) is 35.6 Å². The van der Waals surface area contributed by atoms with Gasteiger partial charge in [-0.3, -0.25) is 4.79 Å². The highest BCUT2D eigenvalue weighted by Crippen LogP contribution is 2.09. The summed E-state index contributed by atoms with van der Waals surface area (Å²) in [5, 5.41) is 8.41. The van der Waals surface area contributed by atoms with E-state index in [-0.39, 0.29) is 0 Å². The van der Waals surface area contributed by atoms with Gasteiger partial charge < -0.3 is 10.0 Å². The van der Waals surface area contributed by atoms with Crippen molar-refractivity contribution in [3.63, 3.8) is 0 Å². The van der Waals surface area contributed by atoms with Gasteiger partial charge in [-0.15, -0.1) is 0 Å². The third kappa shape index (κ3) is 4.88. The lowest BCUT2D eigenvalue weighted by Crippen LogP contribution is -2.20. The maximum atomic E-state index is 10.2. The zero-order chi connectivity index (χ0) is 9.52. The van der Waals surface area contributed by atoms with Crippen LogP contribution >= 0.6 is 0 Å². The Kier molecular flexibility index (Phi) is 4.83. The van der Waals surface area contributed by atoms with Gasteiger partial charge in [0.05, 0.1) is 0 Å². The number of hydrogen-bond donors (Lipinski definition) is 1. The number of unbranched alkanes of at least 4 members (excludes halogenated alkanes) is 2. The number of carboxylic acid groups (broad SMARTS) is 1. The van der Waals surface area contributed by atoms with Crippen molar-refractivity contribution in [1.82, 2.24) is 4.90 Å². The summed E-state index contributed by atoms with van der Waals surface area (Å²) in [4.78, 5) is 12.7. The molecule has 0 aromatic carbocycles. The highest BCUT2D eigenvalue weighted by atomic mass is 16.4. The van der Waals surface area contributed by atoms with E-state index in [1.165, 1.54) is 32.5 Å². The van der Waals surface area contributed by atoms with Gasteiger partial charge in [-0.2, -0.15) is 0 Å². The molecule has 0 aromatic heterocycles. The van der Waals surface area contributed by atoms with E-state index in [4.69, 9.17) is 5.11 Å². The van der Waals surface area contributed by atoms with E-state index >= 15 is 0 Å². The smallest absolute Gasteiger partial charge is 0.303 e. The molecule has 0 aromatic rings. The van der Waals surface area contributed by atoms with E-state index < -0.39 is 5.97 Å². The van der Waals surface area contributed by atoms with E-state index in [0.29, 0.717) is 6.42 Å². The lowest BCUT2D eigenvalue weighted by atomic mass is 10.2. The summed E-state index contributed by atoms with van der Waals surface area (Å²) in [5.41, 5.74) is 0. The summed E-state index contributed by atoms with van der Waals surface area (Å²) < 4.78 is 0. The van der Waals surface area contributed by atoms with Crippen LogP contribution in [0.5, 0.6) is 0 Å². The second-order valence-electron chi connectivity index (χ2n) is 3.75. The number of rotatable bonds is 6. The fraction of sp³-hybridized carbons (Fsp3) is 0.900. The Morgan fingerprint density at radius 1 is 1.15 bits per heavy atom. The molecule has 1 heterocycles. The quantitative estimate of drug-likeness (QED) is 0.641. The first-order valence-corrected chi connectivity index (χ1v) is 5.23. The van der Waals surface area contributed by atoms with Gasteiger partial charge in [0.1, 0.15) is 0 Å². The van der Waals surface area contributed by atoms with Crippen molar-refractivity contribution in [2.24, 2.45) is 0 Å². The maximum absolute atomic E-state index is 10.2. The van der Waals surface area contributed by atoms with Crippen molar-refractivity contribution in [2.75, 3.05) is 19.6 Å². The van der Waals surface area contributed by atoms with Crippen LogP contribution in [0, 0.1) is 0 Å². The molecule has 0 spiro atoms. The van der Waals surface area contributed by atoms with Gasteiger partial charge in [0.25, 0.3) is 0 Å². The fourth-order valence-corrected chi connectivity index (χ4v) is 1.79. The highest BCUT2D eigenvalue weighted by Gasteiger charge is 2.09. The van der Waals surface area contributed by atoms with Crippen LogP contribution in [0.3, 0.4) is 0 Å². The monoisotopic (exact) mass is 185 g/mol. The maximum Gasteiger partial charge on any atom is 0.303 e. The van der Waals surface area contributed by atoms with Crippen molar-refractivity contribution in [1.29, 1.82) is 0 Å². The minimum absolute atomic E-state index is 0.333. The van der Waals surface area contributed by atoms with Gasteiger partial charge in [-0.1, -0.05) is 6.42 Å². The largest absolute Gasteiger partial charge is 0.481 e. The third-order valence-electron chi connectivity index (χ3n) is 2.56. The van der Waals surface area contributed by atoms with E-state index in [1.54, 1.807) is 0 Å². The van der Waals surface area contributed by atoms with Gasteiger partial charge in [-0.25, -0.2) is 0 Å². The van der Waals surface area contributed by atoms with E-state index in [2.05, 4.69) is 4.90 Å². The first-order valence-electron chi connectivity index (χ1n) is 5.23. The molecule has 76 valence electrons. The van der Waals surface area contributed by atoms with Crippen LogP contribution < -0.4 is 0 Å². The van der Waals surface area contributed by atoms with Gasteiger partial charge in [-0.05, 0) is 45.3 Å². The van der Waals surface area contributed by atoms with Crippen LogP contribution in [0.15, 0.2) is 0 Å². The third-order valence-corrected chi connectivity index (χ3v) is 2.56. The zero-order valence-electron chi connectivity index (χ0n) is 8.17. The Hall–Kier alpha value is -0.570. The summed E-state index contributed by atoms with van der Waals surface area (Å²) >= 11 is 0. The number of carboxylic acids is 1. The highest BCUT2D eigenvalue weighted by molar-refractivity contribution is 5.66. The standard InChI is InChI=1S/C10H19NO2/c12-10(13)6-2-1-3-7-11-8-4-5-9-11/h1-9H2,(H,12,13). The minimum Gasteiger partial charge on any atom is -0.481 e. The van der Waals surface area contributed by atoms with Crippen LogP contribution in [0.4, 0.5) is 0 Å². The topological polar surface area (TPSA) is 40.5 Å². The first kappa shape index (κ1) is 10.5. The lowest BCUT2D eigenvalue weighted by Gasteiger charge is -2.13. The molecular formula is C10H19NO2. The molecule has 13 heavy (non-hydrogen) atoms. The van der Waals surface area contributed by atoms with E-state index in [1.807, 2.05) is 0 Å². The van der Waals surface area contributed by atoms with Crippen molar-refractivity contribution >= 4 is 5.97 Å². The predicted octanol–water partition coefficient (Wildman–Crippen LogP) is 1.73. The molecule has 1 aliphatic rings. The molecule has 0 aliphatic carbocycles. The zero-order valence-corrected chi connectivity index (χ0v) is 8.17. The van der Waals surface area contributed by atoms with E-state index in [9.17, 15) is 4.79 Å². The molecule has 1 aliphatic heterocycles. The Morgan fingerprint density at radius 2 is 1.85 bits per heavy atom. The SMILES string of the molecule is O=C(O)CCCCCN1CCCC1. The molecule has 0 bridgehead atoms. The Labute approximate surface area is 79.7 Å². The average molecular weight is 185 g/mol. The number of carbonyl (C=O) groups is 1. The molecule has 0 radical (unpaired) electrons. The molecule has 0 saturated carbocycles. The minimum atomic E-state index is -0.666. The Balaban J connectivity index is 1.86. The molecule has 1 saturated heterocycles. The summed E-state index contributed by atoms with van der Waals surface area (Å²) in [6.07, 6.45) is 6.07. The summed E-state index contributed by atoms with van der Waals surface area (Å²) in [6.45, 7) is 3.66. The molecule has 3 nitrogen and oxygen atoms in total. The average Bonchev–Trinajstić information content (AvgIpc) is 2.55. The van der Waals surface area contributed by atoms with Crippen LogP contribution in [0.25, 0.3) is 0 Å². The molecule has 1 N–H and O–H groups in total. The molecule has 3 heteroatoms. The molecular weight excluding hydrogens is 166 g/mol. The second kappa shape index (κ2) is 5.97. The van der Waals surface area contributed by atoms with Gasteiger partial charge >= 0.3 is 5.97 Å². The van der Waals surface area contributed by atoms with Crippen molar-refractivity contribution in [2.45, 2.75) is 38.5 Å². The first-order chi connectivity index (χ1) is 6.29. The van der Waals surface area contributed by atoms with Gasteiger partial charge in [0.2, 0.25) is 0 Å². The van der Waals surface area contributed by atoms with Crippen LogP contribution in [0.2, 0.25) is 0 Å². The summed E-state index contributed by atoms with van der Waals surface area (Å²) in [5.74, 6) is -0.666. The molecule has 1 fully saturated rings. The van der Waals surface area contributed by atoms with Gasteiger partial charge in [0.15, 0.2) is 0 Å². The number of nitrogens with zero attached hydrogens (tertiary/aromatic N) is 1. The van der Waals surface area contributed by atoms with E-state index in [0.717, 1.165) is 19.3 Å². The van der Waals surface area contributed by atoms with Crippen LogP contribution in [0.1, 0.15) is 38.5 Å². The van der Waals surface area contributed by atoms with Crippen LogP contribution in [-0.2, 0) is 4.79 Å². The molecule has 0 atom stereocenters. The summed E-state index contributed by atoms with van der Waals surface area (Å²) in [6, 6.07) is 0. The fourth-order valence-electron chi connectivity index (χ4n) is 1.79.